The highest BCUT2D eigenvalue weighted by Gasteiger charge is 2.37. The summed E-state index contributed by atoms with van der Waals surface area (Å²) in [6.07, 6.45) is 1.93. The Balaban J connectivity index is 1.65. The summed E-state index contributed by atoms with van der Waals surface area (Å²) in [5.74, 6) is -1.79. The van der Waals surface area contributed by atoms with Crippen molar-refractivity contribution in [1.29, 1.82) is 0 Å². The molecule has 172 valence electrons. The van der Waals surface area contributed by atoms with Crippen LogP contribution in [0.25, 0.3) is 16.8 Å². The van der Waals surface area contributed by atoms with Crippen molar-refractivity contribution in [2.24, 2.45) is 0 Å². The molecule has 0 radical (unpaired) electrons. The van der Waals surface area contributed by atoms with E-state index in [0.717, 1.165) is 32.4 Å². The third-order valence-corrected chi connectivity index (χ3v) is 5.99. The molecule has 0 aliphatic carbocycles. The molecular formula is C29H21FN2O3. The predicted molar refractivity (Wildman–Crippen MR) is 133 cm³/mol. The number of imide groups is 2. The van der Waals surface area contributed by atoms with E-state index in [0.29, 0.717) is 17.7 Å². The Morgan fingerprint density at radius 1 is 0.886 bits per heavy atom. The van der Waals surface area contributed by atoms with Crippen LogP contribution in [0.5, 0.6) is 0 Å². The Kier molecular flexibility index (Phi) is 5.71. The second kappa shape index (κ2) is 8.99. The lowest BCUT2D eigenvalue weighted by atomic mass is 9.92. The molecule has 0 bridgehead atoms. The monoisotopic (exact) mass is 464 g/mol. The molecule has 6 heteroatoms. The van der Waals surface area contributed by atoms with Gasteiger partial charge in [-0.25, -0.2) is 14.1 Å². The van der Waals surface area contributed by atoms with Gasteiger partial charge in [-0.15, -0.1) is 0 Å². The summed E-state index contributed by atoms with van der Waals surface area (Å²) in [5.41, 5.74) is 3.35. The number of benzene rings is 4. The van der Waals surface area contributed by atoms with E-state index >= 15 is 0 Å². The number of carbonyl (C=O) groups excluding carboxylic acids is 3. The van der Waals surface area contributed by atoms with Crippen LogP contribution in [0, 0.1) is 12.7 Å². The quantitative estimate of drug-likeness (QED) is 0.318. The lowest BCUT2D eigenvalue weighted by Gasteiger charge is -2.27. The number of halogens is 1. The summed E-state index contributed by atoms with van der Waals surface area (Å²) in [4.78, 5) is 39.8. The van der Waals surface area contributed by atoms with E-state index in [4.69, 9.17) is 0 Å². The number of hydrogen-bond donors (Lipinski definition) is 1. The standard InChI is InChI=1S/C29H21FN2O3/c1-18-6-4-10-23(14-18)32-28(34)26(27(33)31-29(32)35)17-25-21(15-19-7-5-9-22(30)16-19)13-12-20-8-2-3-11-24(20)25/h2-14,16-17H,15H2,1H3,(H,31,33,35)/b26-17+. The summed E-state index contributed by atoms with van der Waals surface area (Å²) in [5, 5.41) is 4.05. The Bertz CT molecular complexity index is 1540. The largest absolute Gasteiger partial charge is 0.335 e. The minimum Gasteiger partial charge on any atom is -0.273 e. The minimum absolute atomic E-state index is 0.150. The molecule has 1 aliphatic rings. The Morgan fingerprint density at radius 2 is 1.69 bits per heavy atom. The number of amides is 4. The first kappa shape index (κ1) is 22.2. The molecule has 4 aromatic rings. The van der Waals surface area contributed by atoms with E-state index in [2.05, 4.69) is 5.32 Å². The highest BCUT2D eigenvalue weighted by Crippen LogP contribution is 2.29. The number of fused-ring (bicyclic) bond motifs is 1. The topological polar surface area (TPSA) is 66.5 Å². The van der Waals surface area contributed by atoms with Gasteiger partial charge < -0.3 is 0 Å². The second-order valence-electron chi connectivity index (χ2n) is 8.46. The van der Waals surface area contributed by atoms with Gasteiger partial charge in [0.15, 0.2) is 0 Å². The number of rotatable bonds is 4. The lowest BCUT2D eigenvalue weighted by Crippen LogP contribution is -2.54. The average Bonchev–Trinajstić information content (AvgIpc) is 2.82. The third kappa shape index (κ3) is 4.34. The first-order valence-corrected chi connectivity index (χ1v) is 11.1. The van der Waals surface area contributed by atoms with E-state index in [1.165, 1.54) is 18.2 Å². The molecular weight excluding hydrogens is 443 g/mol. The van der Waals surface area contributed by atoms with Crippen LogP contribution >= 0.6 is 0 Å². The minimum atomic E-state index is -0.791. The van der Waals surface area contributed by atoms with Crippen molar-refractivity contribution in [3.63, 3.8) is 0 Å². The van der Waals surface area contributed by atoms with Gasteiger partial charge in [0.05, 0.1) is 5.69 Å². The van der Waals surface area contributed by atoms with E-state index < -0.39 is 17.8 Å². The predicted octanol–water partition coefficient (Wildman–Crippen LogP) is 5.54. The average molecular weight is 464 g/mol. The van der Waals surface area contributed by atoms with Gasteiger partial charge >= 0.3 is 6.03 Å². The fourth-order valence-corrected chi connectivity index (χ4v) is 4.34. The number of hydrogen-bond acceptors (Lipinski definition) is 3. The van der Waals surface area contributed by atoms with Gasteiger partial charge in [-0.05, 0) is 76.7 Å². The molecule has 1 heterocycles. The molecule has 0 spiro atoms. The van der Waals surface area contributed by atoms with Gasteiger partial charge in [0.2, 0.25) is 0 Å². The Hall–Kier alpha value is -4.58. The van der Waals surface area contributed by atoms with Crippen molar-refractivity contribution in [3.05, 3.63) is 119 Å². The number of urea groups is 1. The van der Waals surface area contributed by atoms with Crippen molar-refractivity contribution in [3.8, 4) is 0 Å². The molecule has 0 atom stereocenters. The van der Waals surface area contributed by atoms with Gasteiger partial charge in [-0.1, -0.05) is 60.7 Å². The SMILES string of the molecule is Cc1cccc(N2C(=O)NC(=O)/C(=C\c3c(Cc4cccc(F)c4)ccc4ccccc34)C2=O)c1. The molecule has 5 rings (SSSR count). The van der Waals surface area contributed by atoms with Crippen molar-refractivity contribution in [2.75, 3.05) is 4.90 Å². The molecule has 1 N–H and O–H groups in total. The van der Waals surface area contributed by atoms with Gasteiger partial charge in [-0.3, -0.25) is 14.9 Å². The van der Waals surface area contributed by atoms with Gasteiger partial charge in [-0.2, -0.15) is 0 Å². The highest BCUT2D eigenvalue weighted by atomic mass is 19.1. The van der Waals surface area contributed by atoms with Crippen molar-refractivity contribution in [2.45, 2.75) is 13.3 Å². The number of carbonyl (C=O) groups is 3. The van der Waals surface area contributed by atoms with Gasteiger partial charge in [0.1, 0.15) is 11.4 Å². The highest BCUT2D eigenvalue weighted by molar-refractivity contribution is 6.39. The Labute approximate surface area is 201 Å². The van der Waals surface area contributed by atoms with Crippen LogP contribution in [0.15, 0.2) is 90.5 Å². The van der Waals surface area contributed by atoms with Crippen LogP contribution in [0.3, 0.4) is 0 Å². The van der Waals surface area contributed by atoms with Gasteiger partial charge in [0, 0.05) is 0 Å². The summed E-state index contributed by atoms with van der Waals surface area (Å²) in [6.45, 7) is 1.85. The Morgan fingerprint density at radius 3 is 2.49 bits per heavy atom. The first-order chi connectivity index (χ1) is 16.9. The molecule has 0 unspecified atom stereocenters. The first-order valence-electron chi connectivity index (χ1n) is 11.1. The molecule has 5 nitrogen and oxygen atoms in total. The van der Waals surface area contributed by atoms with Crippen LogP contribution in [-0.2, 0) is 16.0 Å². The van der Waals surface area contributed by atoms with E-state index in [-0.39, 0.29) is 11.4 Å². The van der Waals surface area contributed by atoms with E-state index in [1.807, 2.05) is 55.5 Å². The molecule has 1 fully saturated rings. The zero-order valence-corrected chi connectivity index (χ0v) is 18.9. The van der Waals surface area contributed by atoms with Crippen LogP contribution < -0.4 is 10.2 Å². The van der Waals surface area contributed by atoms with Crippen molar-refractivity contribution < 1.29 is 18.8 Å². The number of anilines is 1. The van der Waals surface area contributed by atoms with Crippen LogP contribution in [-0.4, -0.2) is 17.8 Å². The second-order valence-corrected chi connectivity index (χ2v) is 8.46. The van der Waals surface area contributed by atoms with E-state index in [9.17, 15) is 18.8 Å². The molecule has 35 heavy (non-hydrogen) atoms. The lowest BCUT2D eigenvalue weighted by molar-refractivity contribution is -0.122. The number of barbiturate groups is 1. The molecule has 0 aromatic heterocycles. The number of nitrogens with one attached hydrogen (secondary N) is 1. The molecule has 1 aliphatic heterocycles. The smallest absolute Gasteiger partial charge is 0.273 e. The zero-order valence-electron chi connectivity index (χ0n) is 18.9. The van der Waals surface area contributed by atoms with Crippen molar-refractivity contribution >= 4 is 40.4 Å². The maximum absolute atomic E-state index is 13.8. The van der Waals surface area contributed by atoms with E-state index in [1.54, 1.807) is 24.3 Å². The summed E-state index contributed by atoms with van der Waals surface area (Å²) in [6, 6.07) is 24.0. The number of nitrogens with zero attached hydrogens (tertiary/aromatic N) is 1. The van der Waals surface area contributed by atoms with Crippen LogP contribution in [0.2, 0.25) is 0 Å². The molecule has 0 saturated carbocycles. The van der Waals surface area contributed by atoms with Crippen LogP contribution in [0.1, 0.15) is 22.3 Å². The summed E-state index contributed by atoms with van der Waals surface area (Å²) in [7, 11) is 0. The maximum atomic E-state index is 13.8. The fraction of sp³-hybridized carbons (Fsp3) is 0.0690. The normalized spacial score (nSPS) is 15.1. The third-order valence-electron chi connectivity index (χ3n) is 5.99. The summed E-state index contributed by atoms with van der Waals surface area (Å²) >= 11 is 0. The summed E-state index contributed by atoms with van der Waals surface area (Å²) < 4.78 is 13.8. The number of aryl methyl sites for hydroxylation is 1. The fourth-order valence-electron chi connectivity index (χ4n) is 4.34. The molecule has 1 saturated heterocycles. The van der Waals surface area contributed by atoms with Crippen LogP contribution in [0.4, 0.5) is 14.9 Å². The van der Waals surface area contributed by atoms with Gasteiger partial charge in [0.25, 0.3) is 11.8 Å². The van der Waals surface area contributed by atoms with Crippen molar-refractivity contribution in [1.82, 2.24) is 5.32 Å². The zero-order chi connectivity index (χ0) is 24.5. The maximum Gasteiger partial charge on any atom is 0.335 e. The molecule has 4 aromatic carbocycles. The molecule has 4 amide bonds.